The van der Waals surface area contributed by atoms with Crippen LogP contribution in [0.1, 0.15) is 11.1 Å². The van der Waals surface area contributed by atoms with Crippen LogP contribution < -0.4 is 14.8 Å². The van der Waals surface area contributed by atoms with Gasteiger partial charge in [0.2, 0.25) is 0 Å². The first-order valence-corrected chi connectivity index (χ1v) is 8.49. The lowest BCUT2D eigenvalue weighted by Gasteiger charge is -2.09. The molecule has 3 aromatic rings. The summed E-state index contributed by atoms with van der Waals surface area (Å²) in [5, 5.41) is 3.48. The monoisotopic (exact) mass is 333 g/mol. The van der Waals surface area contributed by atoms with Gasteiger partial charge in [0, 0.05) is 6.54 Å². The summed E-state index contributed by atoms with van der Waals surface area (Å²) in [5.74, 6) is 2.61. The molecule has 0 atom stereocenters. The van der Waals surface area contributed by atoms with Crippen molar-refractivity contribution in [2.75, 3.05) is 13.7 Å². The van der Waals surface area contributed by atoms with E-state index < -0.39 is 0 Å². The quantitative estimate of drug-likeness (QED) is 0.600. The molecule has 0 bridgehead atoms. The van der Waals surface area contributed by atoms with E-state index in [0.717, 1.165) is 36.8 Å². The van der Waals surface area contributed by atoms with Crippen molar-refractivity contribution >= 4 is 0 Å². The molecule has 3 aromatic carbocycles. The Bertz CT molecular complexity index is 770. The second-order valence-corrected chi connectivity index (χ2v) is 5.84. The molecule has 1 N–H and O–H groups in total. The molecular formula is C22H23NO2. The maximum absolute atomic E-state index is 5.88. The van der Waals surface area contributed by atoms with Gasteiger partial charge in [-0.15, -0.1) is 0 Å². The molecule has 0 spiro atoms. The Kier molecular flexibility index (Phi) is 6.07. The van der Waals surface area contributed by atoms with Crippen LogP contribution in [-0.4, -0.2) is 13.7 Å². The zero-order valence-corrected chi connectivity index (χ0v) is 14.4. The molecule has 3 nitrogen and oxygen atoms in total. The molecule has 0 radical (unpaired) electrons. The first kappa shape index (κ1) is 17.1. The van der Waals surface area contributed by atoms with Crippen LogP contribution >= 0.6 is 0 Å². The molecular weight excluding hydrogens is 310 g/mol. The maximum Gasteiger partial charge on any atom is 0.127 e. The van der Waals surface area contributed by atoms with Crippen LogP contribution in [0.2, 0.25) is 0 Å². The van der Waals surface area contributed by atoms with Crippen molar-refractivity contribution in [2.45, 2.75) is 13.0 Å². The van der Waals surface area contributed by atoms with E-state index in [4.69, 9.17) is 9.47 Å². The molecule has 0 saturated carbocycles. The normalized spacial score (nSPS) is 10.4. The number of ether oxygens (including phenoxy) is 2. The Balaban J connectivity index is 1.47. The summed E-state index contributed by atoms with van der Waals surface area (Å²) in [6.45, 7) is 1.75. The van der Waals surface area contributed by atoms with E-state index in [1.165, 1.54) is 11.1 Å². The summed E-state index contributed by atoms with van der Waals surface area (Å²) in [6.07, 6.45) is 0.990. The number of para-hydroxylation sites is 1. The Morgan fingerprint density at radius 1 is 0.720 bits per heavy atom. The molecule has 0 aliphatic carbocycles. The molecule has 0 aliphatic heterocycles. The van der Waals surface area contributed by atoms with E-state index in [-0.39, 0.29) is 0 Å². The molecule has 0 fully saturated rings. The Hall–Kier alpha value is -2.78. The van der Waals surface area contributed by atoms with Crippen molar-refractivity contribution in [3.63, 3.8) is 0 Å². The Morgan fingerprint density at radius 3 is 2.24 bits per heavy atom. The SMILES string of the molecule is COc1ccc(CCNCc2cccc(Oc3ccccc3)c2)cc1. The van der Waals surface area contributed by atoms with Gasteiger partial charge in [-0.25, -0.2) is 0 Å². The standard InChI is InChI=1S/C22H23NO2/c1-24-20-12-10-18(11-13-20)14-15-23-17-19-6-5-9-22(16-19)25-21-7-3-2-4-8-21/h2-13,16,23H,14-15,17H2,1H3. The first-order valence-electron chi connectivity index (χ1n) is 8.49. The van der Waals surface area contributed by atoms with Crippen molar-refractivity contribution in [2.24, 2.45) is 0 Å². The number of hydrogen-bond donors (Lipinski definition) is 1. The minimum atomic E-state index is 0.822. The predicted octanol–water partition coefficient (Wildman–Crippen LogP) is 4.82. The number of hydrogen-bond acceptors (Lipinski definition) is 3. The maximum atomic E-state index is 5.88. The number of methoxy groups -OCH3 is 1. The van der Waals surface area contributed by atoms with E-state index in [2.05, 4.69) is 29.6 Å². The van der Waals surface area contributed by atoms with Gasteiger partial charge in [0.1, 0.15) is 17.2 Å². The molecule has 0 amide bonds. The lowest BCUT2D eigenvalue weighted by Crippen LogP contribution is -2.16. The third-order valence-corrected chi connectivity index (χ3v) is 3.96. The van der Waals surface area contributed by atoms with Crippen LogP contribution in [0.5, 0.6) is 17.2 Å². The zero-order valence-electron chi connectivity index (χ0n) is 14.4. The molecule has 0 saturated heterocycles. The minimum absolute atomic E-state index is 0.822. The summed E-state index contributed by atoms with van der Waals surface area (Å²) < 4.78 is 11.1. The number of benzene rings is 3. The highest BCUT2D eigenvalue weighted by Crippen LogP contribution is 2.21. The summed E-state index contributed by atoms with van der Waals surface area (Å²) in [6, 6.07) is 26.2. The average Bonchev–Trinajstić information content (AvgIpc) is 2.67. The van der Waals surface area contributed by atoms with Crippen LogP contribution in [0.25, 0.3) is 0 Å². The molecule has 3 rings (SSSR count). The van der Waals surface area contributed by atoms with Crippen LogP contribution in [0.15, 0.2) is 78.9 Å². The topological polar surface area (TPSA) is 30.5 Å². The van der Waals surface area contributed by atoms with Crippen molar-refractivity contribution in [1.82, 2.24) is 5.32 Å². The third-order valence-electron chi connectivity index (χ3n) is 3.96. The zero-order chi connectivity index (χ0) is 17.3. The number of rotatable bonds is 8. The summed E-state index contributed by atoms with van der Waals surface area (Å²) >= 11 is 0. The van der Waals surface area contributed by atoms with Gasteiger partial charge >= 0.3 is 0 Å². The van der Waals surface area contributed by atoms with Gasteiger partial charge in [0.15, 0.2) is 0 Å². The van der Waals surface area contributed by atoms with E-state index in [1.807, 2.05) is 54.6 Å². The van der Waals surface area contributed by atoms with E-state index >= 15 is 0 Å². The second kappa shape index (κ2) is 8.90. The highest BCUT2D eigenvalue weighted by molar-refractivity contribution is 5.34. The molecule has 0 unspecified atom stereocenters. The molecule has 3 heteroatoms. The summed E-state index contributed by atoms with van der Waals surface area (Å²) in [7, 11) is 1.69. The van der Waals surface area contributed by atoms with Crippen LogP contribution in [0.4, 0.5) is 0 Å². The van der Waals surface area contributed by atoms with Gasteiger partial charge in [-0.3, -0.25) is 0 Å². The fraction of sp³-hybridized carbons (Fsp3) is 0.182. The summed E-state index contributed by atoms with van der Waals surface area (Å²) in [5.41, 5.74) is 2.51. The van der Waals surface area contributed by atoms with Gasteiger partial charge in [0.05, 0.1) is 7.11 Å². The highest BCUT2D eigenvalue weighted by Gasteiger charge is 2.00. The van der Waals surface area contributed by atoms with Crippen LogP contribution in [0.3, 0.4) is 0 Å². The number of nitrogens with one attached hydrogen (secondary N) is 1. The minimum Gasteiger partial charge on any atom is -0.497 e. The molecule has 0 heterocycles. The first-order chi connectivity index (χ1) is 12.3. The van der Waals surface area contributed by atoms with Gasteiger partial charge in [-0.2, -0.15) is 0 Å². The highest BCUT2D eigenvalue weighted by atomic mass is 16.5. The van der Waals surface area contributed by atoms with E-state index in [9.17, 15) is 0 Å². The van der Waals surface area contributed by atoms with Gasteiger partial charge in [-0.1, -0.05) is 42.5 Å². The fourth-order valence-corrected chi connectivity index (χ4v) is 2.60. The van der Waals surface area contributed by atoms with E-state index in [0.29, 0.717) is 0 Å². The van der Waals surface area contributed by atoms with Crippen molar-refractivity contribution < 1.29 is 9.47 Å². The largest absolute Gasteiger partial charge is 0.497 e. The second-order valence-electron chi connectivity index (χ2n) is 5.84. The molecule has 25 heavy (non-hydrogen) atoms. The van der Waals surface area contributed by atoms with Crippen molar-refractivity contribution in [3.05, 3.63) is 90.0 Å². The molecule has 128 valence electrons. The molecule has 0 aromatic heterocycles. The third kappa shape index (κ3) is 5.37. The van der Waals surface area contributed by atoms with Crippen molar-refractivity contribution in [3.8, 4) is 17.2 Å². The van der Waals surface area contributed by atoms with Crippen molar-refractivity contribution in [1.29, 1.82) is 0 Å². The van der Waals surface area contributed by atoms with E-state index in [1.54, 1.807) is 7.11 Å². The van der Waals surface area contributed by atoms with Gasteiger partial charge < -0.3 is 14.8 Å². The van der Waals surface area contributed by atoms with Gasteiger partial charge in [-0.05, 0) is 60.5 Å². The van der Waals surface area contributed by atoms with Crippen LogP contribution in [-0.2, 0) is 13.0 Å². The smallest absolute Gasteiger partial charge is 0.127 e. The average molecular weight is 333 g/mol. The lowest BCUT2D eigenvalue weighted by atomic mass is 10.1. The Labute approximate surface area is 149 Å². The lowest BCUT2D eigenvalue weighted by molar-refractivity contribution is 0.414. The predicted molar refractivity (Wildman–Crippen MR) is 101 cm³/mol. The van der Waals surface area contributed by atoms with Gasteiger partial charge in [0.25, 0.3) is 0 Å². The Morgan fingerprint density at radius 2 is 1.48 bits per heavy atom. The molecule has 0 aliphatic rings. The summed E-state index contributed by atoms with van der Waals surface area (Å²) in [4.78, 5) is 0. The van der Waals surface area contributed by atoms with Crippen LogP contribution in [0, 0.1) is 0 Å². The fourth-order valence-electron chi connectivity index (χ4n) is 2.60.